The van der Waals surface area contributed by atoms with E-state index < -0.39 is 40.2 Å². The van der Waals surface area contributed by atoms with Crippen molar-refractivity contribution in [2.24, 2.45) is 0 Å². The number of carbonyl (C=O) groups is 1. The Hall–Kier alpha value is -1.32. The van der Waals surface area contributed by atoms with Gasteiger partial charge in [-0.15, -0.1) is 0 Å². The molecule has 5 nitrogen and oxygen atoms in total. The highest BCUT2D eigenvalue weighted by atomic mass is 35.5. The van der Waals surface area contributed by atoms with Crippen LogP contribution in [-0.4, -0.2) is 43.1 Å². The Labute approximate surface area is 124 Å². The molecule has 0 heterocycles. The molecule has 21 heavy (non-hydrogen) atoms. The summed E-state index contributed by atoms with van der Waals surface area (Å²) in [6.45, 7) is -1.82. The minimum Gasteiger partial charge on any atom is -0.480 e. The Kier molecular flexibility index (Phi) is 5.24. The molecule has 0 aromatic heterocycles. The van der Waals surface area contributed by atoms with Crippen LogP contribution in [0.25, 0.3) is 0 Å². The van der Waals surface area contributed by atoms with Gasteiger partial charge in [-0.3, -0.25) is 4.79 Å². The van der Waals surface area contributed by atoms with E-state index in [1.165, 1.54) is 19.1 Å². The topological polar surface area (TPSA) is 74.7 Å². The lowest BCUT2D eigenvalue weighted by Gasteiger charge is -2.22. The molecule has 0 saturated heterocycles. The predicted octanol–water partition coefficient (Wildman–Crippen LogP) is 2.29. The fourth-order valence-corrected chi connectivity index (χ4v) is 3.43. The number of rotatable bonds is 5. The number of benzene rings is 1. The van der Waals surface area contributed by atoms with E-state index >= 15 is 0 Å². The summed E-state index contributed by atoms with van der Waals surface area (Å²) in [4.78, 5) is 10.2. The van der Waals surface area contributed by atoms with Crippen LogP contribution in [0.2, 0.25) is 5.02 Å². The van der Waals surface area contributed by atoms with Crippen molar-refractivity contribution in [1.29, 1.82) is 0 Å². The van der Waals surface area contributed by atoms with Gasteiger partial charge in [0, 0.05) is 5.02 Å². The van der Waals surface area contributed by atoms with Crippen LogP contribution in [0.15, 0.2) is 23.1 Å². The van der Waals surface area contributed by atoms with Gasteiger partial charge in [0.15, 0.2) is 0 Å². The van der Waals surface area contributed by atoms with Crippen molar-refractivity contribution in [3.63, 3.8) is 0 Å². The highest BCUT2D eigenvalue weighted by Gasteiger charge is 2.38. The predicted molar refractivity (Wildman–Crippen MR) is 68.6 cm³/mol. The molecule has 0 aliphatic heterocycles. The zero-order valence-corrected chi connectivity index (χ0v) is 12.3. The van der Waals surface area contributed by atoms with Gasteiger partial charge in [0.05, 0.1) is 4.90 Å². The number of sulfonamides is 1. The van der Waals surface area contributed by atoms with E-state index in [0.29, 0.717) is 0 Å². The second kappa shape index (κ2) is 6.20. The first-order valence-electron chi connectivity index (χ1n) is 5.48. The molecule has 0 fully saturated rings. The van der Waals surface area contributed by atoms with Gasteiger partial charge in [0.2, 0.25) is 10.0 Å². The van der Waals surface area contributed by atoms with Gasteiger partial charge in [0.25, 0.3) is 0 Å². The van der Waals surface area contributed by atoms with Crippen molar-refractivity contribution in [3.05, 3.63) is 28.8 Å². The monoisotopic (exact) mass is 345 g/mol. The van der Waals surface area contributed by atoms with Crippen molar-refractivity contribution in [2.45, 2.75) is 18.0 Å². The van der Waals surface area contributed by atoms with Crippen molar-refractivity contribution < 1.29 is 31.5 Å². The first-order chi connectivity index (χ1) is 9.43. The molecule has 0 bridgehead atoms. The third-order valence-corrected chi connectivity index (χ3v) is 4.61. The molecule has 1 N–H and O–H groups in total. The summed E-state index contributed by atoms with van der Waals surface area (Å²) < 4.78 is 61.6. The maximum atomic E-state index is 12.4. The maximum Gasteiger partial charge on any atom is 0.402 e. The largest absolute Gasteiger partial charge is 0.480 e. The smallest absolute Gasteiger partial charge is 0.402 e. The molecule has 0 saturated carbocycles. The Morgan fingerprint density at radius 3 is 2.38 bits per heavy atom. The average molecular weight is 346 g/mol. The lowest BCUT2D eigenvalue weighted by molar-refractivity contribution is -0.146. The van der Waals surface area contributed by atoms with E-state index in [-0.39, 0.29) is 14.9 Å². The van der Waals surface area contributed by atoms with Crippen LogP contribution in [0.5, 0.6) is 0 Å². The minimum absolute atomic E-state index is 0.125. The van der Waals surface area contributed by atoms with E-state index in [1.54, 1.807) is 0 Å². The van der Waals surface area contributed by atoms with Crippen LogP contribution in [-0.2, 0) is 14.8 Å². The first kappa shape index (κ1) is 17.7. The maximum absolute atomic E-state index is 12.4. The molecule has 0 atom stereocenters. The Balaban J connectivity index is 3.29. The highest BCUT2D eigenvalue weighted by Crippen LogP contribution is 2.26. The van der Waals surface area contributed by atoms with Crippen LogP contribution < -0.4 is 0 Å². The molecule has 0 aliphatic rings. The molecule has 0 amide bonds. The van der Waals surface area contributed by atoms with Crippen LogP contribution >= 0.6 is 11.6 Å². The second-order valence-electron chi connectivity index (χ2n) is 4.19. The zero-order valence-electron chi connectivity index (χ0n) is 10.7. The molecular weight excluding hydrogens is 335 g/mol. The standard InChI is InChI=1S/C11H11ClF3NO4S/c1-7-4-8(12)2-3-9(7)21(19,20)16(5-10(17)18)6-11(13,14)15/h2-4H,5-6H2,1H3,(H,17,18). The van der Waals surface area contributed by atoms with Crippen molar-refractivity contribution in [2.75, 3.05) is 13.1 Å². The summed E-state index contributed by atoms with van der Waals surface area (Å²) in [6.07, 6.45) is -4.86. The van der Waals surface area contributed by atoms with E-state index in [1.807, 2.05) is 0 Å². The summed E-state index contributed by atoms with van der Waals surface area (Å²) in [5, 5.41) is 8.82. The molecule has 0 unspecified atom stereocenters. The molecule has 0 spiro atoms. The SMILES string of the molecule is Cc1cc(Cl)ccc1S(=O)(=O)N(CC(=O)O)CC(F)(F)F. The summed E-state index contributed by atoms with van der Waals surface area (Å²) in [5.74, 6) is -1.69. The lowest BCUT2D eigenvalue weighted by Crippen LogP contribution is -2.42. The average Bonchev–Trinajstić information content (AvgIpc) is 2.24. The Morgan fingerprint density at radius 1 is 1.38 bits per heavy atom. The molecule has 1 aromatic rings. The summed E-state index contributed by atoms with van der Waals surface area (Å²) in [6, 6.07) is 3.51. The number of aryl methyl sites for hydroxylation is 1. The van der Waals surface area contributed by atoms with Crippen LogP contribution in [0.3, 0.4) is 0 Å². The van der Waals surface area contributed by atoms with Crippen LogP contribution in [0.4, 0.5) is 13.2 Å². The number of hydrogen-bond donors (Lipinski definition) is 1. The number of alkyl halides is 3. The number of nitrogens with zero attached hydrogens (tertiary/aromatic N) is 1. The molecule has 118 valence electrons. The summed E-state index contributed by atoms with van der Waals surface area (Å²) in [5.41, 5.74) is 0.125. The Morgan fingerprint density at radius 2 is 1.95 bits per heavy atom. The van der Waals surface area contributed by atoms with E-state index in [9.17, 15) is 26.4 Å². The third kappa shape index (κ3) is 4.87. The number of hydrogen-bond acceptors (Lipinski definition) is 3. The second-order valence-corrected chi connectivity index (χ2v) is 6.53. The van der Waals surface area contributed by atoms with E-state index in [4.69, 9.17) is 16.7 Å². The van der Waals surface area contributed by atoms with Crippen molar-refractivity contribution >= 4 is 27.6 Å². The van der Waals surface area contributed by atoms with Gasteiger partial charge in [-0.2, -0.15) is 17.5 Å². The molecule has 0 radical (unpaired) electrons. The molecule has 1 rings (SSSR count). The Bertz CT molecular complexity index is 645. The lowest BCUT2D eigenvalue weighted by atomic mass is 10.2. The number of carboxylic acid groups (broad SMARTS) is 1. The molecular formula is C11H11ClF3NO4S. The van der Waals surface area contributed by atoms with Crippen LogP contribution in [0, 0.1) is 6.92 Å². The quantitative estimate of drug-likeness (QED) is 0.888. The summed E-state index contributed by atoms with van der Waals surface area (Å²) in [7, 11) is -4.60. The number of aliphatic carboxylic acids is 1. The first-order valence-corrected chi connectivity index (χ1v) is 7.30. The van der Waals surface area contributed by atoms with Crippen molar-refractivity contribution in [1.82, 2.24) is 4.31 Å². The van der Waals surface area contributed by atoms with Gasteiger partial charge in [-0.25, -0.2) is 8.42 Å². The third-order valence-electron chi connectivity index (χ3n) is 2.42. The fourth-order valence-electron chi connectivity index (χ4n) is 1.62. The normalized spacial score (nSPS) is 12.7. The van der Waals surface area contributed by atoms with Gasteiger partial charge < -0.3 is 5.11 Å². The molecule has 10 heteroatoms. The zero-order chi connectivity index (χ0) is 16.4. The highest BCUT2D eigenvalue weighted by molar-refractivity contribution is 7.89. The summed E-state index contributed by atoms with van der Waals surface area (Å²) >= 11 is 5.65. The van der Waals surface area contributed by atoms with E-state index in [2.05, 4.69) is 0 Å². The van der Waals surface area contributed by atoms with Gasteiger partial charge in [0.1, 0.15) is 13.1 Å². The van der Waals surface area contributed by atoms with Crippen molar-refractivity contribution in [3.8, 4) is 0 Å². The number of halogens is 4. The van der Waals surface area contributed by atoms with Crippen LogP contribution in [0.1, 0.15) is 5.56 Å². The molecule has 0 aliphatic carbocycles. The van der Waals surface area contributed by atoms with Gasteiger partial charge >= 0.3 is 12.1 Å². The van der Waals surface area contributed by atoms with Gasteiger partial charge in [-0.1, -0.05) is 11.6 Å². The fraction of sp³-hybridized carbons (Fsp3) is 0.364. The molecule has 1 aromatic carbocycles. The number of carboxylic acids is 1. The van der Waals surface area contributed by atoms with E-state index in [0.717, 1.165) is 6.07 Å². The minimum atomic E-state index is -4.86. The van der Waals surface area contributed by atoms with Gasteiger partial charge in [-0.05, 0) is 30.7 Å².